The summed E-state index contributed by atoms with van der Waals surface area (Å²) in [5, 5.41) is 29.1. The number of carboxylic acid groups (broad SMARTS) is 1. The number of rotatable bonds is 7. The molecule has 0 saturated carbocycles. The second kappa shape index (κ2) is 12.3. The van der Waals surface area contributed by atoms with Crippen molar-refractivity contribution in [2.24, 2.45) is 0 Å². The molecule has 10 nitrogen and oxygen atoms in total. The fraction of sp³-hybridized carbons (Fsp3) is 0.182. The van der Waals surface area contributed by atoms with Gasteiger partial charge in [0, 0.05) is 32.8 Å². The van der Waals surface area contributed by atoms with E-state index in [-0.39, 0.29) is 41.1 Å². The molecule has 0 aliphatic heterocycles. The predicted octanol–water partition coefficient (Wildman–Crippen LogP) is 7.38. The monoisotopic (exact) mass is 690 g/mol. The van der Waals surface area contributed by atoms with E-state index in [1.165, 1.54) is 40.3 Å². The molecule has 4 heterocycles. The number of nitriles is 1. The van der Waals surface area contributed by atoms with Gasteiger partial charge in [-0.15, -0.1) is 11.3 Å². The molecule has 0 fully saturated rings. The number of carbonyl (C=O) groups is 1. The first-order valence-corrected chi connectivity index (χ1v) is 15.4. The number of thiophene rings is 1. The molecule has 0 atom stereocenters. The topological polar surface area (TPSA) is 144 Å². The molecule has 242 valence electrons. The van der Waals surface area contributed by atoms with E-state index in [4.69, 9.17) is 16.3 Å². The molecule has 4 aromatic heterocycles. The van der Waals surface area contributed by atoms with Crippen LogP contribution in [-0.4, -0.2) is 42.4 Å². The lowest BCUT2D eigenvalue weighted by Crippen LogP contribution is -2.27. The molecular formula is C33H22ClF3N6O4S. The summed E-state index contributed by atoms with van der Waals surface area (Å²) in [6.45, 7) is 4.67. The van der Waals surface area contributed by atoms with Crippen LogP contribution in [0, 0.1) is 32.1 Å². The number of aryl methyl sites for hydroxylation is 3. The van der Waals surface area contributed by atoms with Gasteiger partial charge in [0.1, 0.15) is 24.3 Å². The largest absolute Gasteiger partial charge is 0.491 e. The van der Waals surface area contributed by atoms with Crippen molar-refractivity contribution in [3.8, 4) is 34.2 Å². The van der Waals surface area contributed by atoms with E-state index >= 15 is 0 Å². The number of benzene rings is 2. The average Bonchev–Trinajstić information content (AvgIpc) is 3.46. The van der Waals surface area contributed by atoms with Crippen molar-refractivity contribution >= 4 is 50.0 Å². The maximum absolute atomic E-state index is 14.3. The highest BCUT2D eigenvalue weighted by Gasteiger charge is 2.37. The van der Waals surface area contributed by atoms with E-state index in [0.717, 1.165) is 6.07 Å². The van der Waals surface area contributed by atoms with E-state index in [1.807, 2.05) is 0 Å². The molecule has 0 spiro atoms. The Morgan fingerprint density at radius 1 is 1.06 bits per heavy atom. The Morgan fingerprint density at radius 3 is 2.50 bits per heavy atom. The summed E-state index contributed by atoms with van der Waals surface area (Å²) < 4.78 is 50.8. The zero-order chi connectivity index (χ0) is 34.5. The van der Waals surface area contributed by atoms with E-state index in [9.17, 15) is 33.1 Å². The number of alkyl halides is 3. The van der Waals surface area contributed by atoms with E-state index < -0.39 is 34.4 Å². The fourth-order valence-electron chi connectivity index (χ4n) is 5.46. The van der Waals surface area contributed by atoms with Crippen molar-refractivity contribution in [3.05, 3.63) is 97.1 Å². The Balaban J connectivity index is 1.41. The number of halogens is 4. The molecule has 0 bridgehead atoms. The van der Waals surface area contributed by atoms with Crippen LogP contribution in [0.15, 0.2) is 52.6 Å². The Labute approximate surface area is 278 Å². The number of fused-ring (bicyclic) bond motifs is 2. The minimum atomic E-state index is -4.88. The Kier molecular flexibility index (Phi) is 8.36. The molecule has 0 unspecified atom stereocenters. The predicted molar refractivity (Wildman–Crippen MR) is 173 cm³/mol. The lowest BCUT2D eigenvalue weighted by atomic mass is 9.94. The van der Waals surface area contributed by atoms with E-state index in [1.54, 1.807) is 44.2 Å². The van der Waals surface area contributed by atoms with Gasteiger partial charge in [-0.3, -0.25) is 14.3 Å². The van der Waals surface area contributed by atoms with Crippen molar-refractivity contribution in [2.75, 3.05) is 6.61 Å². The van der Waals surface area contributed by atoms with Crippen molar-refractivity contribution in [1.29, 1.82) is 5.26 Å². The highest BCUT2D eigenvalue weighted by atomic mass is 35.5. The second-order valence-corrected chi connectivity index (χ2v) is 12.1. The average molecular weight is 691 g/mol. The second-order valence-electron chi connectivity index (χ2n) is 10.8. The number of pyridine rings is 1. The Hall–Kier alpha value is -5.39. The smallest absolute Gasteiger partial charge is 0.417 e. The normalized spacial score (nSPS) is 11.6. The van der Waals surface area contributed by atoms with Gasteiger partial charge < -0.3 is 9.84 Å². The van der Waals surface area contributed by atoms with E-state index in [0.29, 0.717) is 43.5 Å². The summed E-state index contributed by atoms with van der Waals surface area (Å²) in [4.78, 5) is 34.4. The molecule has 2 aromatic carbocycles. The Morgan fingerprint density at radius 2 is 1.83 bits per heavy atom. The van der Waals surface area contributed by atoms with Gasteiger partial charge in [0.2, 0.25) is 0 Å². The molecule has 15 heteroatoms. The van der Waals surface area contributed by atoms with Crippen molar-refractivity contribution in [3.63, 3.8) is 0 Å². The van der Waals surface area contributed by atoms with Gasteiger partial charge in [0.25, 0.3) is 5.56 Å². The number of nitrogens with zero attached hydrogens (tertiary/aromatic N) is 6. The standard InChI is InChI=1S/C33H22ClF3N6O4S/c1-15-4-6-24(42-41-15)27-21(13-38)28-25(12-23(27)33(35,36)37)40-17(3)43(31(28)44)8-9-47-26-7-5-18(34)11-19(26)20-10-16(2)39-29-22(32(45)46)14-48-30(20)29/h4-7,10-12,14H,8-9H2,1-3H3,(H,45,46). The summed E-state index contributed by atoms with van der Waals surface area (Å²) in [7, 11) is 0. The number of hydrogen-bond donors (Lipinski definition) is 1. The van der Waals surface area contributed by atoms with Gasteiger partial charge in [0.05, 0.1) is 55.7 Å². The summed E-state index contributed by atoms with van der Waals surface area (Å²) in [5.41, 5.74) is -0.800. The van der Waals surface area contributed by atoms with Gasteiger partial charge in [-0.2, -0.15) is 28.6 Å². The van der Waals surface area contributed by atoms with Crippen LogP contribution in [0.5, 0.6) is 5.75 Å². The van der Waals surface area contributed by atoms with Crippen molar-refractivity contribution in [1.82, 2.24) is 24.7 Å². The first-order valence-electron chi connectivity index (χ1n) is 14.2. The van der Waals surface area contributed by atoms with Crippen molar-refractivity contribution < 1.29 is 27.8 Å². The fourth-order valence-corrected chi connectivity index (χ4v) is 6.64. The Bertz CT molecular complexity index is 2380. The molecule has 0 aliphatic carbocycles. The van der Waals surface area contributed by atoms with Gasteiger partial charge in [0.15, 0.2) is 0 Å². The third-order valence-corrected chi connectivity index (χ3v) is 8.83. The van der Waals surface area contributed by atoms with Crippen LogP contribution in [0.2, 0.25) is 5.02 Å². The molecule has 48 heavy (non-hydrogen) atoms. The minimum absolute atomic E-state index is 0.0692. The molecule has 0 aliphatic rings. The minimum Gasteiger partial charge on any atom is -0.491 e. The third kappa shape index (κ3) is 5.82. The summed E-state index contributed by atoms with van der Waals surface area (Å²) in [6, 6.07) is 12.0. The number of carboxylic acids is 1. The lowest BCUT2D eigenvalue weighted by molar-refractivity contribution is -0.137. The van der Waals surface area contributed by atoms with E-state index in [2.05, 4.69) is 20.2 Å². The zero-order valence-corrected chi connectivity index (χ0v) is 26.9. The van der Waals surface area contributed by atoms with Crippen LogP contribution in [-0.2, 0) is 12.7 Å². The summed E-state index contributed by atoms with van der Waals surface area (Å²) >= 11 is 7.57. The number of aromatic nitrogens is 5. The quantitative estimate of drug-likeness (QED) is 0.181. The summed E-state index contributed by atoms with van der Waals surface area (Å²) in [6.07, 6.45) is -4.88. The SMILES string of the molecule is Cc1ccc(-c2c(C(F)(F)F)cc3nc(C)n(CCOc4ccc(Cl)cc4-c4cc(C)nc5c(C(=O)O)csc45)c(=O)c3c2C#N)nn1. The van der Waals surface area contributed by atoms with Crippen LogP contribution in [0.25, 0.3) is 43.5 Å². The first-order chi connectivity index (χ1) is 22.8. The molecule has 6 rings (SSSR count). The number of hydrogen-bond acceptors (Lipinski definition) is 9. The van der Waals surface area contributed by atoms with Crippen LogP contribution >= 0.6 is 22.9 Å². The third-order valence-electron chi connectivity index (χ3n) is 7.60. The molecule has 0 radical (unpaired) electrons. The lowest BCUT2D eigenvalue weighted by Gasteiger charge is -2.18. The highest BCUT2D eigenvalue weighted by molar-refractivity contribution is 7.18. The molecule has 0 amide bonds. The maximum Gasteiger partial charge on any atom is 0.417 e. The van der Waals surface area contributed by atoms with Gasteiger partial charge in [-0.25, -0.2) is 9.78 Å². The van der Waals surface area contributed by atoms with Crippen LogP contribution < -0.4 is 10.3 Å². The number of ether oxygens (including phenoxy) is 1. The maximum atomic E-state index is 14.3. The molecule has 0 saturated heterocycles. The van der Waals surface area contributed by atoms with Gasteiger partial charge in [-0.1, -0.05) is 11.6 Å². The van der Waals surface area contributed by atoms with Crippen LogP contribution in [0.3, 0.4) is 0 Å². The van der Waals surface area contributed by atoms with Gasteiger partial charge >= 0.3 is 12.1 Å². The first kappa shape index (κ1) is 32.5. The van der Waals surface area contributed by atoms with Crippen LogP contribution in [0.1, 0.15) is 38.7 Å². The molecular weight excluding hydrogens is 669 g/mol. The number of aromatic carboxylic acids is 1. The highest BCUT2D eigenvalue weighted by Crippen LogP contribution is 2.42. The van der Waals surface area contributed by atoms with Gasteiger partial charge in [-0.05, 0) is 63.2 Å². The summed E-state index contributed by atoms with van der Waals surface area (Å²) in [5.74, 6) is -0.617. The van der Waals surface area contributed by atoms with Crippen molar-refractivity contribution in [2.45, 2.75) is 33.5 Å². The molecule has 1 N–H and O–H groups in total. The zero-order valence-electron chi connectivity index (χ0n) is 25.3. The molecule has 6 aromatic rings. The van der Waals surface area contributed by atoms with Crippen LogP contribution in [0.4, 0.5) is 13.2 Å².